The van der Waals surface area contributed by atoms with Crippen LogP contribution in [-0.4, -0.2) is 48.3 Å². The van der Waals surface area contributed by atoms with Crippen LogP contribution in [0.4, 0.5) is 0 Å². The number of fused-ring (bicyclic) bond motifs is 2. The zero-order valence-electron chi connectivity index (χ0n) is 15.6. The minimum Gasteiger partial charge on any atom is -0.399 e. The highest BCUT2D eigenvalue weighted by Crippen LogP contribution is 2.58. The molecule has 4 nitrogen and oxygen atoms in total. The third-order valence-electron chi connectivity index (χ3n) is 6.62. The molecule has 0 N–H and O–H groups in total. The van der Waals surface area contributed by atoms with Gasteiger partial charge in [-0.1, -0.05) is 6.07 Å². The fourth-order valence-corrected chi connectivity index (χ4v) is 5.53. The van der Waals surface area contributed by atoms with Gasteiger partial charge in [0.1, 0.15) is 0 Å². The van der Waals surface area contributed by atoms with Gasteiger partial charge in [0.25, 0.3) is 0 Å². The summed E-state index contributed by atoms with van der Waals surface area (Å²) in [7, 11) is 1.91. The van der Waals surface area contributed by atoms with Gasteiger partial charge >= 0.3 is 7.12 Å². The Hall–Kier alpha value is -0.945. The number of benzene rings is 1. The van der Waals surface area contributed by atoms with Crippen LogP contribution in [-0.2, 0) is 9.31 Å². The molecule has 0 spiro atoms. The van der Waals surface area contributed by atoms with Gasteiger partial charge in [0.15, 0.2) is 0 Å². The third-order valence-corrected chi connectivity index (χ3v) is 7.75. The molecule has 1 aliphatic carbocycles. The van der Waals surface area contributed by atoms with E-state index in [0.717, 1.165) is 22.8 Å². The lowest BCUT2D eigenvalue weighted by atomic mass is 9.79. The quantitative estimate of drug-likeness (QED) is 0.775. The number of nitrogens with zero attached hydrogens (tertiary/aromatic N) is 2. The monoisotopic (exact) mass is 356 g/mol. The molecule has 0 bridgehead atoms. The van der Waals surface area contributed by atoms with Crippen LogP contribution in [0.1, 0.15) is 38.6 Å². The third kappa shape index (κ3) is 2.41. The summed E-state index contributed by atoms with van der Waals surface area (Å²) in [5.74, 6) is 2.34. The van der Waals surface area contributed by atoms with Gasteiger partial charge in [-0.3, -0.25) is 0 Å². The second kappa shape index (κ2) is 5.06. The van der Waals surface area contributed by atoms with Crippen LogP contribution in [0.15, 0.2) is 18.2 Å². The van der Waals surface area contributed by atoms with E-state index in [-0.39, 0.29) is 18.3 Å². The highest BCUT2D eigenvalue weighted by atomic mass is 32.1. The van der Waals surface area contributed by atoms with E-state index < -0.39 is 0 Å². The molecular weight excluding hydrogens is 331 g/mol. The molecule has 1 aromatic carbocycles. The molecule has 1 aromatic heterocycles. The Morgan fingerprint density at radius 2 is 1.76 bits per heavy atom. The number of piperidine rings is 1. The molecule has 3 atom stereocenters. The molecule has 5 rings (SSSR count). The maximum Gasteiger partial charge on any atom is 0.494 e. The van der Waals surface area contributed by atoms with E-state index in [1.54, 1.807) is 0 Å². The van der Waals surface area contributed by atoms with Crippen LogP contribution in [0, 0.1) is 11.8 Å². The topological polar surface area (TPSA) is 34.6 Å². The first-order chi connectivity index (χ1) is 11.7. The first kappa shape index (κ1) is 16.2. The zero-order valence-corrected chi connectivity index (χ0v) is 16.4. The Balaban J connectivity index is 1.42. The second-order valence-electron chi connectivity index (χ2n) is 8.94. The van der Waals surface area contributed by atoms with E-state index in [1.807, 2.05) is 11.3 Å². The fraction of sp³-hybridized carbons (Fsp3) is 0.632. The van der Waals surface area contributed by atoms with Crippen molar-refractivity contribution in [2.45, 2.75) is 44.8 Å². The SMILES string of the molecule is CN1C[C@@H]2C(c3nc4cc(B5OC(C)(C)C(C)(C)O5)ccc4s3)[C@@H]2C1. The first-order valence-corrected chi connectivity index (χ1v) is 10.0. The molecule has 3 fully saturated rings. The molecule has 2 saturated heterocycles. The van der Waals surface area contributed by atoms with Crippen molar-refractivity contribution in [1.82, 2.24) is 9.88 Å². The summed E-state index contributed by atoms with van der Waals surface area (Å²) in [4.78, 5) is 7.42. The van der Waals surface area contributed by atoms with Crippen LogP contribution in [0.25, 0.3) is 10.2 Å². The van der Waals surface area contributed by atoms with Gasteiger partial charge in [-0.15, -0.1) is 11.3 Å². The molecule has 3 aliphatic rings. The van der Waals surface area contributed by atoms with Crippen LogP contribution in [0.3, 0.4) is 0 Å². The molecule has 0 amide bonds. The minimum absolute atomic E-state index is 0.308. The van der Waals surface area contributed by atoms with Gasteiger partial charge in [0.2, 0.25) is 0 Å². The van der Waals surface area contributed by atoms with Crippen molar-refractivity contribution in [3.05, 3.63) is 23.2 Å². The Morgan fingerprint density at radius 3 is 2.40 bits per heavy atom. The second-order valence-corrected chi connectivity index (χ2v) is 10.0. The molecule has 25 heavy (non-hydrogen) atoms. The molecule has 2 aromatic rings. The van der Waals surface area contributed by atoms with Crippen molar-refractivity contribution < 1.29 is 9.31 Å². The largest absolute Gasteiger partial charge is 0.494 e. The molecule has 6 heteroatoms. The maximum absolute atomic E-state index is 6.19. The number of hydrogen-bond acceptors (Lipinski definition) is 5. The number of thiazole rings is 1. The van der Waals surface area contributed by atoms with Crippen molar-refractivity contribution in [1.29, 1.82) is 0 Å². The van der Waals surface area contributed by atoms with Crippen LogP contribution in [0.5, 0.6) is 0 Å². The van der Waals surface area contributed by atoms with Gasteiger partial charge in [0, 0.05) is 19.0 Å². The predicted octanol–water partition coefficient (Wildman–Crippen LogP) is 2.87. The van der Waals surface area contributed by atoms with Crippen molar-refractivity contribution in [2.24, 2.45) is 11.8 Å². The van der Waals surface area contributed by atoms with E-state index in [9.17, 15) is 0 Å². The van der Waals surface area contributed by atoms with Crippen molar-refractivity contribution in [2.75, 3.05) is 20.1 Å². The van der Waals surface area contributed by atoms with Crippen molar-refractivity contribution in [3.8, 4) is 0 Å². The van der Waals surface area contributed by atoms with Crippen molar-refractivity contribution >= 4 is 34.1 Å². The Morgan fingerprint density at radius 1 is 1.12 bits per heavy atom. The van der Waals surface area contributed by atoms with E-state index in [0.29, 0.717) is 5.92 Å². The molecule has 0 radical (unpaired) electrons. The molecule has 1 saturated carbocycles. The number of rotatable bonds is 2. The summed E-state index contributed by atoms with van der Waals surface area (Å²) in [5.41, 5.74) is 1.54. The van der Waals surface area contributed by atoms with Crippen LogP contribution < -0.4 is 5.46 Å². The molecular formula is C19H25BN2O2S. The average molecular weight is 356 g/mol. The lowest BCUT2D eigenvalue weighted by Crippen LogP contribution is -2.41. The molecule has 3 heterocycles. The number of hydrogen-bond donors (Lipinski definition) is 0. The van der Waals surface area contributed by atoms with E-state index in [2.05, 4.69) is 57.8 Å². The standard InChI is InChI=1S/C19H25BN2O2S/c1-18(2)19(3,4)24-20(23-18)11-6-7-15-14(8-11)21-17(25-15)16-12-9-22(5)10-13(12)16/h6-8,12-13,16H,9-10H2,1-5H3/t12-,13+,16?. The lowest BCUT2D eigenvalue weighted by molar-refractivity contribution is 0.00578. The van der Waals surface area contributed by atoms with E-state index in [4.69, 9.17) is 14.3 Å². The average Bonchev–Trinajstić information content (AvgIpc) is 2.86. The van der Waals surface area contributed by atoms with Gasteiger partial charge in [-0.2, -0.15) is 0 Å². The van der Waals surface area contributed by atoms with E-state index in [1.165, 1.54) is 22.8 Å². The Bertz CT molecular complexity index is 821. The summed E-state index contributed by atoms with van der Waals surface area (Å²) in [6.07, 6.45) is 0. The smallest absolute Gasteiger partial charge is 0.399 e. The summed E-state index contributed by atoms with van der Waals surface area (Å²) in [6, 6.07) is 6.47. The van der Waals surface area contributed by atoms with E-state index >= 15 is 0 Å². The summed E-state index contributed by atoms with van der Waals surface area (Å²) in [5, 5.41) is 1.32. The number of likely N-dealkylation sites (tertiary alicyclic amines) is 1. The highest BCUT2D eigenvalue weighted by Gasteiger charge is 2.57. The van der Waals surface area contributed by atoms with Gasteiger partial charge < -0.3 is 14.2 Å². The number of aromatic nitrogens is 1. The predicted molar refractivity (Wildman–Crippen MR) is 103 cm³/mol. The lowest BCUT2D eigenvalue weighted by Gasteiger charge is -2.32. The summed E-state index contributed by atoms with van der Waals surface area (Å²) < 4.78 is 13.6. The molecule has 132 valence electrons. The fourth-order valence-electron chi connectivity index (χ4n) is 4.33. The normalized spacial score (nSPS) is 33.2. The Kier molecular flexibility index (Phi) is 3.29. The highest BCUT2D eigenvalue weighted by molar-refractivity contribution is 7.18. The first-order valence-electron chi connectivity index (χ1n) is 9.20. The minimum atomic E-state index is -0.312. The molecule has 1 unspecified atom stereocenters. The summed E-state index contributed by atoms with van der Waals surface area (Å²) >= 11 is 1.87. The maximum atomic E-state index is 6.19. The Labute approximate surface area is 153 Å². The van der Waals surface area contributed by atoms with Crippen LogP contribution in [0.2, 0.25) is 0 Å². The van der Waals surface area contributed by atoms with Gasteiger partial charge in [-0.25, -0.2) is 4.98 Å². The van der Waals surface area contributed by atoms with Crippen molar-refractivity contribution in [3.63, 3.8) is 0 Å². The van der Waals surface area contributed by atoms with Gasteiger partial charge in [0.05, 0.1) is 26.4 Å². The molecule has 2 aliphatic heterocycles. The zero-order chi connectivity index (χ0) is 17.6. The van der Waals surface area contributed by atoms with Gasteiger partial charge in [-0.05, 0) is 64.2 Å². The van der Waals surface area contributed by atoms with Crippen LogP contribution >= 0.6 is 11.3 Å². The summed E-state index contributed by atoms with van der Waals surface area (Å²) in [6.45, 7) is 10.8.